The predicted molar refractivity (Wildman–Crippen MR) is 110 cm³/mol. The number of aromatic nitrogens is 4. The lowest BCUT2D eigenvalue weighted by Gasteiger charge is -2.17. The van der Waals surface area contributed by atoms with E-state index in [0.29, 0.717) is 12.2 Å². The first-order valence-corrected chi connectivity index (χ1v) is 10.3. The van der Waals surface area contributed by atoms with Crippen LogP contribution >= 0.6 is 11.3 Å². The summed E-state index contributed by atoms with van der Waals surface area (Å²) >= 11 is 1.82. The number of aryl methyl sites for hydroxylation is 1. The van der Waals surface area contributed by atoms with E-state index in [9.17, 15) is 0 Å². The molecule has 0 spiro atoms. The van der Waals surface area contributed by atoms with Gasteiger partial charge in [0.2, 0.25) is 0 Å². The molecule has 1 atom stereocenters. The minimum Gasteiger partial charge on any atom is -0.493 e. The number of thiophene rings is 1. The molecule has 7 heteroatoms. The second kappa shape index (κ2) is 6.74. The van der Waals surface area contributed by atoms with Crippen molar-refractivity contribution < 1.29 is 9.47 Å². The number of ether oxygens (including phenoxy) is 2. The summed E-state index contributed by atoms with van der Waals surface area (Å²) < 4.78 is 12.6. The highest BCUT2D eigenvalue weighted by Crippen LogP contribution is 2.38. The molecule has 0 unspecified atom stereocenters. The summed E-state index contributed by atoms with van der Waals surface area (Å²) in [6, 6.07) is 5.92. The highest BCUT2D eigenvalue weighted by atomic mass is 32.1. The highest BCUT2D eigenvalue weighted by Gasteiger charge is 2.23. The van der Waals surface area contributed by atoms with E-state index in [-0.39, 0.29) is 0 Å². The third-order valence-corrected chi connectivity index (χ3v) is 6.65. The van der Waals surface area contributed by atoms with Crippen LogP contribution < -0.4 is 9.47 Å². The number of methoxy groups -OCH3 is 2. The molecular formula is C21H22N4O2S. The number of hydrogen-bond acceptors (Lipinski definition) is 6. The van der Waals surface area contributed by atoms with Gasteiger partial charge in [-0.1, -0.05) is 13.0 Å². The maximum atomic E-state index is 5.41. The molecule has 0 radical (unpaired) electrons. The molecule has 0 fully saturated rings. The Morgan fingerprint density at radius 2 is 2.07 bits per heavy atom. The average molecular weight is 395 g/mol. The molecule has 3 heterocycles. The first kappa shape index (κ1) is 17.4. The first-order valence-electron chi connectivity index (χ1n) is 9.51. The van der Waals surface area contributed by atoms with Crippen LogP contribution in [0.4, 0.5) is 0 Å². The third-order valence-electron chi connectivity index (χ3n) is 5.49. The smallest absolute Gasteiger partial charge is 0.167 e. The van der Waals surface area contributed by atoms with Crippen LogP contribution in [0.2, 0.25) is 0 Å². The topological polar surface area (TPSA) is 61.5 Å². The fourth-order valence-corrected chi connectivity index (χ4v) is 5.38. The monoisotopic (exact) mass is 394 g/mol. The van der Waals surface area contributed by atoms with Gasteiger partial charge < -0.3 is 9.47 Å². The fourth-order valence-electron chi connectivity index (χ4n) is 4.03. The van der Waals surface area contributed by atoms with Crippen molar-refractivity contribution in [1.82, 2.24) is 19.6 Å². The zero-order valence-electron chi connectivity index (χ0n) is 16.2. The van der Waals surface area contributed by atoms with E-state index in [4.69, 9.17) is 14.5 Å². The zero-order chi connectivity index (χ0) is 19.3. The van der Waals surface area contributed by atoms with Gasteiger partial charge >= 0.3 is 0 Å². The largest absolute Gasteiger partial charge is 0.493 e. The van der Waals surface area contributed by atoms with E-state index in [1.807, 2.05) is 34.1 Å². The van der Waals surface area contributed by atoms with Gasteiger partial charge in [0, 0.05) is 11.3 Å². The van der Waals surface area contributed by atoms with Crippen molar-refractivity contribution in [2.75, 3.05) is 14.2 Å². The lowest BCUT2D eigenvalue weighted by molar-refractivity contribution is 0.354. The quantitative estimate of drug-likeness (QED) is 0.522. The van der Waals surface area contributed by atoms with Crippen molar-refractivity contribution >= 4 is 27.2 Å². The van der Waals surface area contributed by atoms with Crippen LogP contribution in [0.5, 0.6) is 11.5 Å². The van der Waals surface area contributed by atoms with E-state index in [1.165, 1.54) is 22.2 Å². The molecule has 0 aliphatic heterocycles. The molecule has 28 heavy (non-hydrogen) atoms. The normalized spacial score (nSPS) is 16.5. The zero-order valence-corrected chi connectivity index (χ0v) is 17.0. The van der Waals surface area contributed by atoms with Crippen molar-refractivity contribution in [1.29, 1.82) is 0 Å². The number of benzene rings is 1. The Hall–Kier alpha value is -2.67. The van der Waals surface area contributed by atoms with E-state index in [1.54, 1.807) is 20.5 Å². The molecule has 0 amide bonds. The maximum Gasteiger partial charge on any atom is 0.167 e. The van der Waals surface area contributed by atoms with Crippen molar-refractivity contribution in [2.45, 2.75) is 32.6 Å². The molecule has 5 rings (SSSR count). The van der Waals surface area contributed by atoms with Crippen LogP contribution in [-0.4, -0.2) is 33.8 Å². The first-order chi connectivity index (χ1) is 13.7. The van der Waals surface area contributed by atoms with Crippen LogP contribution in [0, 0.1) is 5.92 Å². The molecule has 4 aromatic rings. The van der Waals surface area contributed by atoms with Gasteiger partial charge in [0.05, 0.1) is 19.6 Å². The van der Waals surface area contributed by atoms with Crippen LogP contribution in [0.15, 0.2) is 24.5 Å². The van der Waals surface area contributed by atoms with Crippen molar-refractivity contribution in [2.24, 2.45) is 5.92 Å². The van der Waals surface area contributed by atoms with Gasteiger partial charge in [-0.15, -0.1) is 16.4 Å². The van der Waals surface area contributed by atoms with Gasteiger partial charge in [-0.2, -0.15) is 0 Å². The van der Waals surface area contributed by atoms with Gasteiger partial charge in [-0.3, -0.25) is 0 Å². The number of rotatable bonds is 4. The average Bonchev–Trinajstić information content (AvgIpc) is 3.27. The summed E-state index contributed by atoms with van der Waals surface area (Å²) in [6.07, 6.45) is 5.90. The Balaban J connectivity index is 1.56. The number of hydrogen-bond donors (Lipinski definition) is 0. The van der Waals surface area contributed by atoms with E-state index >= 15 is 0 Å². The summed E-state index contributed by atoms with van der Waals surface area (Å²) in [4.78, 5) is 12.1. The summed E-state index contributed by atoms with van der Waals surface area (Å²) in [7, 11) is 3.29. The van der Waals surface area contributed by atoms with Crippen LogP contribution in [0.3, 0.4) is 0 Å². The van der Waals surface area contributed by atoms with E-state index < -0.39 is 0 Å². The fraction of sp³-hybridized carbons (Fsp3) is 0.381. The molecule has 0 saturated carbocycles. The maximum absolute atomic E-state index is 5.41. The van der Waals surface area contributed by atoms with Crippen molar-refractivity contribution in [3.8, 4) is 11.5 Å². The van der Waals surface area contributed by atoms with Crippen molar-refractivity contribution in [3.63, 3.8) is 0 Å². The second-order valence-corrected chi connectivity index (χ2v) is 8.52. The lowest BCUT2D eigenvalue weighted by atomic mass is 9.89. The Kier molecular flexibility index (Phi) is 4.19. The molecule has 1 aliphatic rings. The van der Waals surface area contributed by atoms with Gasteiger partial charge in [-0.25, -0.2) is 14.5 Å². The summed E-state index contributed by atoms with van der Waals surface area (Å²) in [5, 5.41) is 5.87. The highest BCUT2D eigenvalue weighted by molar-refractivity contribution is 7.19. The van der Waals surface area contributed by atoms with Gasteiger partial charge in [0.1, 0.15) is 11.2 Å². The van der Waals surface area contributed by atoms with Crippen LogP contribution in [0.1, 0.15) is 35.2 Å². The number of fused-ring (bicyclic) bond motifs is 5. The van der Waals surface area contributed by atoms with Gasteiger partial charge in [0.25, 0.3) is 0 Å². The standard InChI is InChI=1S/C21H22N4O2S/c1-12-4-6-14-17(8-12)28-21-19(14)20-23-18(24-25(20)11-22-21)10-13-5-7-15(26-2)16(9-13)27-3/h5,7,9,11-12H,4,6,8,10H2,1-3H3/t12-/m0/s1. The molecule has 0 bridgehead atoms. The van der Waals surface area contributed by atoms with E-state index in [2.05, 4.69) is 17.0 Å². The Morgan fingerprint density at radius 3 is 2.89 bits per heavy atom. The molecule has 0 N–H and O–H groups in total. The molecule has 144 valence electrons. The molecule has 3 aromatic heterocycles. The summed E-state index contributed by atoms with van der Waals surface area (Å²) in [5.74, 6) is 2.97. The summed E-state index contributed by atoms with van der Waals surface area (Å²) in [6.45, 7) is 2.33. The molecule has 1 aliphatic carbocycles. The SMILES string of the molecule is COc1ccc(Cc2nc3c4c5c(sc4ncn3n2)C[C@@H](C)CC5)cc1OC. The second-order valence-electron chi connectivity index (χ2n) is 7.44. The molecule has 6 nitrogen and oxygen atoms in total. The predicted octanol–water partition coefficient (Wildman–Crippen LogP) is 4.07. The Labute approximate surface area is 167 Å². The summed E-state index contributed by atoms with van der Waals surface area (Å²) in [5.41, 5.74) is 3.44. The van der Waals surface area contributed by atoms with Crippen LogP contribution in [0.25, 0.3) is 15.9 Å². The molecular weight excluding hydrogens is 372 g/mol. The van der Waals surface area contributed by atoms with Gasteiger partial charge in [-0.05, 0) is 48.4 Å². The third kappa shape index (κ3) is 2.81. The minimum absolute atomic E-state index is 0.632. The van der Waals surface area contributed by atoms with Crippen LogP contribution in [-0.2, 0) is 19.3 Å². The minimum atomic E-state index is 0.632. The van der Waals surface area contributed by atoms with Crippen molar-refractivity contribution in [3.05, 3.63) is 46.4 Å². The van der Waals surface area contributed by atoms with Gasteiger partial charge in [0.15, 0.2) is 23.0 Å². The molecule has 1 aromatic carbocycles. The Morgan fingerprint density at radius 1 is 1.21 bits per heavy atom. The Bertz CT molecular complexity index is 1180. The molecule has 0 saturated heterocycles. The lowest BCUT2D eigenvalue weighted by Crippen LogP contribution is -2.08. The van der Waals surface area contributed by atoms with E-state index in [0.717, 1.165) is 46.4 Å². The number of nitrogens with zero attached hydrogens (tertiary/aromatic N) is 4.